The number of carbonyl (C=O) groups excluding carboxylic acids is 1. The third kappa shape index (κ3) is 2.96. The van der Waals surface area contributed by atoms with Crippen molar-refractivity contribution in [2.45, 2.75) is 25.9 Å². The molecule has 3 aromatic heterocycles. The molecule has 1 amide bonds. The number of nitrogens with zero attached hydrogens (tertiary/aromatic N) is 4. The van der Waals surface area contributed by atoms with Crippen molar-refractivity contribution in [1.82, 2.24) is 25.2 Å². The van der Waals surface area contributed by atoms with E-state index in [1.165, 1.54) is 7.11 Å². The molecule has 4 aromatic rings. The Labute approximate surface area is 173 Å². The first-order chi connectivity index (χ1) is 14.6. The highest BCUT2D eigenvalue weighted by atomic mass is 16.6. The van der Waals surface area contributed by atoms with Gasteiger partial charge in [-0.3, -0.25) is 14.0 Å². The molecule has 1 aliphatic rings. The number of piperazine rings is 1. The lowest BCUT2D eigenvalue weighted by atomic mass is 10.1. The van der Waals surface area contributed by atoms with Gasteiger partial charge in [0.2, 0.25) is 0 Å². The van der Waals surface area contributed by atoms with Crippen LogP contribution in [0.5, 0.6) is 0 Å². The lowest BCUT2D eigenvalue weighted by molar-refractivity contribution is 0.0539. The summed E-state index contributed by atoms with van der Waals surface area (Å²) < 4.78 is 1.97. The number of rotatable bonds is 3. The molecule has 8 nitrogen and oxygen atoms in total. The molecule has 0 unspecified atom stereocenters. The van der Waals surface area contributed by atoms with Crippen LogP contribution in [0.25, 0.3) is 27.7 Å². The molecule has 0 saturated carbocycles. The molecule has 1 fully saturated rings. The quantitative estimate of drug-likeness (QED) is 0.511. The lowest BCUT2D eigenvalue weighted by Crippen LogP contribution is -2.54. The van der Waals surface area contributed by atoms with Gasteiger partial charge in [-0.15, -0.1) is 0 Å². The van der Waals surface area contributed by atoms with Crippen LogP contribution in [0.2, 0.25) is 0 Å². The average molecular weight is 404 g/mol. The molecule has 154 valence electrons. The highest BCUT2D eigenvalue weighted by Gasteiger charge is 2.25. The number of aromatic nitrogens is 3. The van der Waals surface area contributed by atoms with Crippen LogP contribution in [0.1, 0.15) is 24.2 Å². The van der Waals surface area contributed by atoms with Crippen LogP contribution < -0.4 is 15.7 Å². The Balaban J connectivity index is 1.83. The monoisotopic (exact) mass is 404 g/mol. The molecule has 0 spiro atoms. The Morgan fingerprint density at radius 1 is 1.17 bits per heavy atom. The predicted octanol–water partition coefficient (Wildman–Crippen LogP) is 2.51. The van der Waals surface area contributed by atoms with Crippen molar-refractivity contribution in [2.24, 2.45) is 0 Å². The zero-order valence-electron chi connectivity index (χ0n) is 17.2. The summed E-state index contributed by atoms with van der Waals surface area (Å²) >= 11 is 0. The number of imidazole rings is 1. The van der Waals surface area contributed by atoms with E-state index in [2.05, 4.69) is 34.5 Å². The van der Waals surface area contributed by atoms with Gasteiger partial charge in [-0.2, -0.15) is 0 Å². The molecular formula is C22H24N6O2. The summed E-state index contributed by atoms with van der Waals surface area (Å²) in [5, 5.41) is 4.48. The molecule has 8 heteroatoms. The van der Waals surface area contributed by atoms with E-state index in [0.29, 0.717) is 23.3 Å². The van der Waals surface area contributed by atoms with Gasteiger partial charge in [0.25, 0.3) is 5.91 Å². The van der Waals surface area contributed by atoms with Crippen molar-refractivity contribution < 1.29 is 9.63 Å². The van der Waals surface area contributed by atoms with Crippen LogP contribution in [0.3, 0.4) is 0 Å². The topological polar surface area (TPSA) is 83.8 Å². The van der Waals surface area contributed by atoms with Crippen LogP contribution in [-0.4, -0.2) is 52.6 Å². The van der Waals surface area contributed by atoms with Crippen LogP contribution in [-0.2, 0) is 4.84 Å². The number of nitrogens with one attached hydrogen (secondary N) is 2. The fourth-order valence-corrected chi connectivity index (χ4v) is 4.51. The number of anilines is 1. The number of hydrogen-bond acceptors (Lipinski definition) is 6. The van der Waals surface area contributed by atoms with Crippen molar-refractivity contribution in [3.05, 3.63) is 48.2 Å². The van der Waals surface area contributed by atoms with E-state index < -0.39 is 0 Å². The van der Waals surface area contributed by atoms with Gasteiger partial charge < -0.3 is 10.2 Å². The zero-order chi connectivity index (χ0) is 20.8. The van der Waals surface area contributed by atoms with E-state index in [9.17, 15) is 4.79 Å². The second-order valence-corrected chi connectivity index (χ2v) is 7.89. The van der Waals surface area contributed by atoms with Gasteiger partial charge in [0.15, 0.2) is 5.65 Å². The Morgan fingerprint density at radius 2 is 1.93 bits per heavy atom. The average Bonchev–Trinajstić information content (AvgIpc) is 3.12. The van der Waals surface area contributed by atoms with Gasteiger partial charge in [0, 0.05) is 42.4 Å². The molecule has 2 atom stereocenters. The van der Waals surface area contributed by atoms with E-state index >= 15 is 0 Å². The normalized spacial score (nSPS) is 19.6. The first-order valence-electron chi connectivity index (χ1n) is 10.1. The minimum atomic E-state index is -0.337. The lowest BCUT2D eigenvalue weighted by Gasteiger charge is -2.38. The number of pyridine rings is 2. The van der Waals surface area contributed by atoms with Gasteiger partial charge in [0.05, 0.1) is 23.7 Å². The van der Waals surface area contributed by atoms with Gasteiger partial charge in [-0.1, -0.05) is 12.1 Å². The Bertz CT molecular complexity index is 1260. The van der Waals surface area contributed by atoms with E-state index in [4.69, 9.17) is 9.82 Å². The number of amides is 1. The fraction of sp³-hybridized carbons (Fsp3) is 0.318. The molecular weight excluding hydrogens is 380 g/mol. The molecule has 30 heavy (non-hydrogen) atoms. The maximum absolute atomic E-state index is 12.8. The molecule has 0 bridgehead atoms. The van der Waals surface area contributed by atoms with Crippen LogP contribution in [0.4, 0.5) is 5.69 Å². The molecule has 1 aliphatic heterocycles. The summed E-state index contributed by atoms with van der Waals surface area (Å²) in [6.45, 7) is 6.13. The summed E-state index contributed by atoms with van der Waals surface area (Å²) in [6.07, 6.45) is 1.83. The fourth-order valence-electron chi connectivity index (χ4n) is 4.51. The van der Waals surface area contributed by atoms with E-state index in [1.807, 2.05) is 47.0 Å². The summed E-state index contributed by atoms with van der Waals surface area (Å²) in [7, 11) is 1.43. The standard InChI is InChI=1S/C22H24N6O2/c1-13-11-27(12-14(2)24-13)18-8-9-23-20-15(18)10-16(22(29)26-30-3)21-25-17-6-4-5-7-19(17)28(20)21/h4-10,13-14,24H,11-12H2,1-3H3,(H,26,29)/t13-,14+. The third-order valence-electron chi connectivity index (χ3n) is 5.59. The van der Waals surface area contributed by atoms with Gasteiger partial charge in [-0.05, 0) is 38.1 Å². The van der Waals surface area contributed by atoms with Crippen molar-refractivity contribution in [3.63, 3.8) is 0 Å². The van der Waals surface area contributed by atoms with Crippen LogP contribution >= 0.6 is 0 Å². The van der Waals surface area contributed by atoms with Crippen molar-refractivity contribution in [1.29, 1.82) is 0 Å². The van der Waals surface area contributed by atoms with Crippen molar-refractivity contribution in [2.75, 3.05) is 25.1 Å². The van der Waals surface area contributed by atoms with Crippen LogP contribution in [0, 0.1) is 0 Å². The number of fused-ring (bicyclic) bond motifs is 5. The minimum absolute atomic E-state index is 0.337. The summed E-state index contributed by atoms with van der Waals surface area (Å²) in [5.41, 5.74) is 7.02. The second kappa shape index (κ2) is 7.23. The first kappa shape index (κ1) is 18.8. The van der Waals surface area contributed by atoms with Gasteiger partial charge in [-0.25, -0.2) is 15.4 Å². The van der Waals surface area contributed by atoms with Crippen molar-refractivity contribution in [3.8, 4) is 0 Å². The Kier molecular flexibility index (Phi) is 4.52. The maximum Gasteiger partial charge on any atom is 0.278 e. The van der Waals surface area contributed by atoms with E-state index in [0.717, 1.165) is 40.8 Å². The minimum Gasteiger partial charge on any atom is -0.368 e. The van der Waals surface area contributed by atoms with Crippen molar-refractivity contribution >= 4 is 39.3 Å². The molecule has 5 rings (SSSR count). The Hall–Kier alpha value is -3.23. The highest BCUT2D eigenvalue weighted by molar-refractivity contribution is 6.07. The predicted molar refractivity (Wildman–Crippen MR) is 117 cm³/mol. The first-order valence-corrected chi connectivity index (χ1v) is 10.1. The number of hydrogen-bond donors (Lipinski definition) is 2. The largest absolute Gasteiger partial charge is 0.368 e. The highest BCUT2D eigenvalue weighted by Crippen LogP contribution is 2.32. The molecule has 1 saturated heterocycles. The number of hydroxylamine groups is 1. The number of benzene rings is 1. The Morgan fingerprint density at radius 3 is 2.70 bits per heavy atom. The van der Waals surface area contributed by atoms with Gasteiger partial charge in [0.1, 0.15) is 5.65 Å². The van der Waals surface area contributed by atoms with E-state index in [1.54, 1.807) is 0 Å². The zero-order valence-corrected chi connectivity index (χ0v) is 17.2. The summed E-state index contributed by atoms with van der Waals surface area (Å²) in [5.74, 6) is -0.337. The summed E-state index contributed by atoms with van der Waals surface area (Å²) in [6, 6.07) is 12.5. The molecule has 1 aromatic carbocycles. The molecule has 2 N–H and O–H groups in total. The maximum atomic E-state index is 12.8. The smallest absolute Gasteiger partial charge is 0.278 e. The molecule has 4 heterocycles. The number of carbonyl (C=O) groups is 1. The SMILES string of the molecule is CONC(=O)c1cc2c(N3C[C@@H](C)N[C@@H](C)C3)ccnc2n2c1nc1ccccc12. The van der Waals surface area contributed by atoms with E-state index in [-0.39, 0.29) is 5.91 Å². The molecule has 0 aliphatic carbocycles. The summed E-state index contributed by atoms with van der Waals surface area (Å²) in [4.78, 5) is 29.5. The van der Waals surface area contributed by atoms with Gasteiger partial charge >= 0.3 is 0 Å². The molecule has 0 radical (unpaired) electrons. The number of para-hydroxylation sites is 2. The second-order valence-electron chi connectivity index (χ2n) is 7.89. The third-order valence-corrected chi connectivity index (χ3v) is 5.59. The van der Waals surface area contributed by atoms with Crippen LogP contribution in [0.15, 0.2) is 42.6 Å².